The molecule has 1 fully saturated rings. The maximum absolute atomic E-state index is 4.60. The molecule has 2 atom stereocenters. The normalized spacial score (nSPS) is 24.4. The number of aromatic nitrogens is 2. The quantitative estimate of drug-likeness (QED) is 0.774. The molecular formula is C13H23N3. The van der Waals surface area contributed by atoms with Crippen LogP contribution in [0.15, 0.2) is 6.07 Å². The van der Waals surface area contributed by atoms with Crippen molar-refractivity contribution in [2.75, 3.05) is 13.1 Å². The van der Waals surface area contributed by atoms with Crippen molar-refractivity contribution in [2.45, 2.75) is 46.1 Å². The van der Waals surface area contributed by atoms with Crippen LogP contribution in [0.3, 0.4) is 0 Å². The van der Waals surface area contributed by atoms with Crippen LogP contribution in [0.1, 0.15) is 43.6 Å². The van der Waals surface area contributed by atoms with E-state index in [0.29, 0.717) is 6.04 Å². The topological polar surface area (TPSA) is 29.9 Å². The fraction of sp³-hybridized carbons (Fsp3) is 0.769. The van der Waals surface area contributed by atoms with E-state index in [1.54, 1.807) is 0 Å². The number of hydrogen-bond donors (Lipinski definition) is 1. The van der Waals surface area contributed by atoms with Crippen LogP contribution in [-0.4, -0.2) is 22.9 Å². The van der Waals surface area contributed by atoms with Gasteiger partial charge >= 0.3 is 0 Å². The molecule has 0 amide bonds. The molecule has 0 spiro atoms. The smallest absolute Gasteiger partial charge is 0.0596 e. The molecule has 3 heteroatoms. The zero-order chi connectivity index (χ0) is 11.5. The monoisotopic (exact) mass is 221 g/mol. The summed E-state index contributed by atoms with van der Waals surface area (Å²) in [5.74, 6) is 0.782. The molecule has 0 aliphatic heterocycles. The molecule has 90 valence electrons. The standard InChI is InChI=1S/C13H23N3/c1-4-7-14-9-12-5-6-13(12)16-11(3)8-10(2)15-16/h8,12-14H,4-7,9H2,1-3H3. The maximum atomic E-state index is 4.60. The molecule has 0 radical (unpaired) electrons. The first kappa shape index (κ1) is 11.6. The van der Waals surface area contributed by atoms with E-state index in [4.69, 9.17) is 0 Å². The summed E-state index contributed by atoms with van der Waals surface area (Å²) in [7, 11) is 0. The van der Waals surface area contributed by atoms with Crippen LogP contribution < -0.4 is 5.32 Å². The summed E-state index contributed by atoms with van der Waals surface area (Å²) in [5, 5.41) is 8.12. The highest BCUT2D eigenvalue weighted by Gasteiger charge is 2.33. The van der Waals surface area contributed by atoms with Gasteiger partial charge in [-0.3, -0.25) is 4.68 Å². The van der Waals surface area contributed by atoms with E-state index >= 15 is 0 Å². The van der Waals surface area contributed by atoms with Gasteiger partial charge in [-0.15, -0.1) is 0 Å². The Balaban J connectivity index is 1.92. The first-order chi connectivity index (χ1) is 7.72. The lowest BCUT2D eigenvalue weighted by atomic mass is 9.79. The highest BCUT2D eigenvalue weighted by Crippen LogP contribution is 2.38. The van der Waals surface area contributed by atoms with Gasteiger partial charge in [-0.1, -0.05) is 6.92 Å². The molecule has 1 aromatic rings. The highest BCUT2D eigenvalue weighted by molar-refractivity contribution is 5.09. The van der Waals surface area contributed by atoms with Crippen molar-refractivity contribution in [2.24, 2.45) is 5.92 Å². The van der Waals surface area contributed by atoms with Gasteiger partial charge in [0.1, 0.15) is 0 Å². The van der Waals surface area contributed by atoms with Crippen molar-refractivity contribution in [3.8, 4) is 0 Å². The van der Waals surface area contributed by atoms with Gasteiger partial charge in [0.15, 0.2) is 0 Å². The molecule has 1 saturated carbocycles. The van der Waals surface area contributed by atoms with Crippen molar-refractivity contribution in [3.05, 3.63) is 17.5 Å². The summed E-state index contributed by atoms with van der Waals surface area (Å²) < 4.78 is 2.23. The van der Waals surface area contributed by atoms with Crippen LogP contribution in [0.4, 0.5) is 0 Å². The van der Waals surface area contributed by atoms with Crippen molar-refractivity contribution in [1.82, 2.24) is 15.1 Å². The summed E-state index contributed by atoms with van der Waals surface area (Å²) >= 11 is 0. The van der Waals surface area contributed by atoms with Crippen molar-refractivity contribution in [1.29, 1.82) is 0 Å². The summed E-state index contributed by atoms with van der Waals surface area (Å²) in [4.78, 5) is 0. The second-order valence-electron chi connectivity index (χ2n) is 4.98. The van der Waals surface area contributed by atoms with Crippen LogP contribution in [0.5, 0.6) is 0 Å². The fourth-order valence-corrected chi connectivity index (χ4v) is 2.56. The Morgan fingerprint density at radius 2 is 2.25 bits per heavy atom. The summed E-state index contributed by atoms with van der Waals surface area (Å²) in [5.41, 5.74) is 2.45. The van der Waals surface area contributed by atoms with Crippen molar-refractivity contribution >= 4 is 0 Å². The van der Waals surface area contributed by atoms with Gasteiger partial charge in [0.2, 0.25) is 0 Å². The molecule has 1 aliphatic carbocycles. The third-order valence-corrected chi connectivity index (χ3v) is 3.57. The van der Waals surface area contributed by atoms with Gasteiger partial charge in [0.25, 0.3) is 0 Å². The van der Waals surface area contributed by atoms with Crippen LogP contribution in [0.25, 0.3) is 0 Å². The third kappa shape index (κ3) is 2.29. The van der Waals surface area contributed by atoms with Gasteiger partial charge < -0.3 is 5.32 Å². The molecule has 1 N–H and O–H groups in total. The summed E-state index contributed by atoms with van der Waals surface area (Å²) in [6.45, 7) is 8.74. The average molecular weight is 221 g/mol. The number of nitrogens with zero attached hydrogens (tertiary/aromatic N) is 2. The van der Waals surface area contributed by atoms with Gasteiger partial charge in [-0.2, -0.15) is 5.10 Å². The number of rotatable bonds is 5. The minimum absolute atomic E-state index is 0.637. The Hall–Kier alpha value is -0.830. The highest BCUT2D eigenvalue weighted by atomic mass is 15.3. The number of aryl methyl sites for hydroxylation is 2. The summed E-state index contributed by atoms with van der Waals surface area (Å²) in [6, 6.07) is 2.81. The van der Waals surface area contributed by atoms with Gasteiger partial charge in [-0.25, -0.2) is 0 Å². The minimum atomic E-state index is 0.637. The molecule has 2 unspecified atom stereocenters. The van der Waals surface area contributed by atoms with Crippen LogP contribution in [-0.2, 0) is 0 Å². The molecule has 0 aromatic carbocycles. The Morgan fingerprint density at radius 3 is 2.75 bits per heavy atom. The average Bonchev–Trinajstić information content (AvgIpc) is 2.51. The second-order valence-corrected chi connectivity index (χ2v) is 4.98. The lowest BCUT2D eigenvalue weighted by Gasteiger charge is -2.37. The van der Waals surface area contributed by atoms with Crippen molar-refractivity contribution in [3.63, 3.8) is 0 Å². The largest absolute Gasteiger partial charge is 0.316 e. The van der Waals surface area contributed by atoms with E-state index in [9.17, 15) is 0 Å². The predicted octanol–water partition coefficient (Wildman–Crippen LogP) is 2.45. The van der Waals surface area contributed by atoms with E-state index in [2.05, 4.69) is 41.9 Å². The van der Waals surface area contributed by atoms with Gasteiger partial charge in [-0.05, 0) is 58.2 Å². The maximum Gasteiger partial charge on any atom is 0.0596 e. The molecule has 1 aromatic heterocycles. The molecule has 1 aliphatic rings. The molecule has 1 heterocycles. The number of nitrogens with one attached hydrogen (secondary N) is 1. The Bertz CT molecular complexity index is 343. The lowest BCUT2D eigenvalue weighted by Crippen LogP contribution is -2.38. The molecule has 0 saturated heterocycles. The zero-order valence-corrected chi connectivity index (χ0v) is 10.7. The number of hydrogen-bond acceptors (Lipinski definition) is 2. The lowest BCUT2D eigenvalue weighted by molar-refractivity contribution is 0.160. The zero-order valence-electron chi connectivity index (χ0n) is 10.7. The van der Waals surface area contributed by atoms with Gasteiger partial charge in [0, 0.05) is 5.69 Å². The van der Waals surface area contributed by atoms with Crippen LogP contribution >= 0.6 is 0 Å². The van der Waals surface area contributed by atoms with E-state index < -0.39 is 0 Å². The second kappa shape index (κ2) is 5.00. The molecule has 3 nitrogen and oxygen atoms in total. The summed E-state index contributed by atoms with van der Waals surface area (Å²) in [6.07, 6.45) is 3.86. The van der Waals surface area contributed by atoms with E-state index in [1.165, 1.54) is 25.0 Å². The minimum Gasteiger partial charge on any atom is -0.316 e. The Morgan fingerprint density at radius 1 is 1.44 bits per heavy atom. The first-order valence-corrected chi connectivity index (χ1v) is 6.46. The first-order valence-electron chi connectivity index (χ1n) is 6.46. The Labute approximate surface area is 98.2 Å². The van der Waals surface area contributed by atoms with Crippen LogP contribution in [0, 0.1) is 19.8 Å². The molecule has 16 heavy (non-hydrogen) atoms. The molecular weight excluding hydrogens is 198 g/mol. The van der Waals surface area contributed by atoms with Gasteiger partial charge in [0.05, 0.1) is 11.7 Å². The van der Waals surface area contributed by atoms with Crippen LogP contribution in [0.2, 0.25) is 0 Å². The third-order valence-electron chi connectivity index (χ3n) is 3.57. The SMILES string of the molecule is CCCNCC1CCC1n1nc(C)cc1C. The molecule has 0 bridgehead atoms. The molecule has 2 rings (SSSR count). The van der Waals surface area contributed by atoms with E-state index in [-0.39, 0.29) is 0 Å². The fourth-order valence-electron chi connectivity index (χ4n) is 2.56. The predicted molar refractivity (Wildman–Crippen MR) is 66.6 cm³/mol. The van der Waals surface area contributed by atoms with Crippen molar-refractivity contribution < 1.29 is 0 Å². The van der Waals surface area contributed by atoms with E-state index in [0.717, 1.165) is 24.7 Å². The van der Waals surface area contributed by atoms with E-state index in [1.807, 2.05) is 0 Å². The Kier molecular flexibility index (Phi) is 3.64.